The van der Waals surface area contributed by atoms with Gasteiger partial charge in [-0.25, -0.2) is 4.42 Å². The van der Waals surface area contributed by atoms with Gasteiger partial charge in [0.25, 0.3) is 0 Å². The fraction of sp³-hybridized carbons (Fsp3) is 0.393. The molecule has 1 aliphatic heterocycles. The quantitative estimate of drug-likeness (QED) is 0.327. The first-order chi connectivity index (χ1) is 16.4. The van der Waals surface area contributed by atoms with E-state index in [1.807, 2.05) is 0 Å². The van der Waals surface area contributed by atoms with Crippen LogP contribution in [-0.4, -0.2) is 59.3 Å². The normalized spacial score (nSPS) is 14.3. The van der Waals surface area contributed by atoms with Crippen LogP contribution in [0.1, 0.15) is 26.0 Å². The van der Waals surface area contributed by atoms with E-state index in [1.165, 1.54) is 27.0 Å². The molecule has 0 saturated carbocycles. The van der Waals surface area contributed by atoms with Crippen molar-refractivity contribution in [2.24, 2.45) is 0 Å². The van der Waals surface area contributed by atoms with Crippen LogP contribution in [0.2, 0.25) is 0 Å². The van der Waals surface area contributed by atoms with Gasteiger partial charge in [0.05, 0.1) is 34.6 Å². The largest absolute Gasteiger partial charge is 0.373 e. The van der Waals surface area contributed by atoms with Crippen LogP contribution in [0.5, 0.6) is 0 Å². The Hall–Kier alpha value is -2.70. The summed E-state index contributed by atoms with van der Waals surface area (Å²) in [6.07, 6.45) is 3.28. The fourth-order valence-electron chi connectivity index (χ4n) is 4.46. The fourth-order valence-corrected chi connectivity index (χ4v) is 5.55. The number of rotatable bonds is 9. The van der Waals surface area contributed by atoms with Crippen molar-refractivity contribution in [3.63, 3.8) is 0 Å². The van der Waals surface area contributed by atoms with Gasteiger partial charge in [0.15, 0.2) is 0 Å². The Morgan fingerprint density at radius 2 is 1.74 bits per heavy atom. The second-order valence-electron chi connectivity index (χ2n) is 9.08. The van der Waals surface area contributed by atoms with Crippen molar-refractivity contribution < 1.29 is 4.42 Å². The molecule has 5 nitrogen and oxygen atoms in total. The van der Waals surface area contributed by atoms with Crippen molar-refractivity contribution in [3.05, 3.63) is 59.3 Å². The lowest BCUT2D eigenvalue weighted by Crippen LogP contribution is -2.23. The molecule has 2 heterocycles. The van der Waals surface area contributed by atoms with Crippen LogP contribution in [0.25, 0.3) is 17.0 Å². The molecule has 3 aromatic rings. The molecule has 0 saturated heterocycles. The molecule has 2 aromatic carbocycles. The van der Waals surface area contributed by atoms with Crippen molar-refractivity contribution in [3.8, 4) is 0 Å². The highest BCUT2D eigenvalue weighted by atomic mass is 32.2. The molecule has 0 spiro atoms. The highest BCUT2D eigenvalue weighted by Gasteiger charge is 2.25. The lowest BCUT2D eigenvalue weighted by atomic mass is 10.1. The molecule has 4 rings (SSSR count). The van der Waals surface area contributed by atoms with Crippen LogP contribution >= 0.6 is 11.8 Å². The highest BCUT2D eigenvalue weighted by molar-refractivity contribution is 8.03. The van der Waals surface area contributed by atoms with E-state index in [0.29, 0.717) is 0 Å². The van der Waals surface area contributed by atoms with E-state index < -0.39 is 0 Å². The number of fused-ring (bicyclic) bond motifs is 2. The van der Waals surface area contributed by atoms with E-state index in [2.05, 4.69) is 116 Å². The molecule has 0 atom stereocenters. The summed E-state index contributed by atoms with van der Waals surface area (Å²) in [5.41, 5.74) is 4.58. The lowest BCUT2D eigenvalue weighted by molar-refractivity contribution is 0.401. The molecule has 0 amide bonds. The van der Waals surface area contributed by atoms with Crippen molar-refractivity contribution in [1.29, 1.82) is 0 Å². The topological polar surface area (TPSA) is 24.3 Å². The minimum Gasteiger partial charge on any atom is -0.373 e. The summed E-state index contributed by atoms with van der Waals surface area (Å²) in [5, 5.41) is 2.33. The number of anilines is 3. The molecular formula is C28H37N4OS+. The maximum atomic E-state index is 6.51. The Labute approximate surface area is 208 Å². The predicted molar refractivity (Wildman–Crippen MR) is 149 cm³/mol. The van der Waals surface area contributed by atoms with Gasteiger partial charge in [-0.1, -0.05) is 23.9 Å². The summed E-state index contributed by atoms with van der Waals surface area (Å²) in [5.74, 6) is 0.876. The molecule has 180 valence electrons. The summed E-state index contributed by atoms with van der Waals surface area (Å²) in [6, 6.07) is 17.4. The Morgan fingerprint density at radius 1 is 0.971 bits per heavy atom. The highest BCUT2D eigenvalue weighted by Crippen LogP contribution is 2.45. The van der Waals surface area contributed by atoms with Gasteiger partial charge in [0.2, 0.25) is 0 Å². The van der Waals surface area contributed by atoms with E-state index in [9.17, 15) is 0 Å². The number of benzene rings is 2. The third kappa shape index (κ3) is 5.18. The van der Waals surface area contributed by atoms with Crippen LogP contribution in [0, 0.1) is 0 Å². The Morgan fingerprint density at radius 3 is 2.44 bits per heavy atom. The first-order valence-corrected chi connectivity index (χ1v) is 13.0. The first kappa shape index (κ1) is 24.4. The molecule has 1 aromatic heterocycles. The van der Waals surface area contributed by atoms with E-state index in [4.69, 9.17) is 4.42 Å². The van der Waals surface area contributed by atoms with Crippen LogP contribution < -0.4 is 14.7 Å². The van der Waals surface area contributed by atoms with Crippen LogP contribution in [0.15, 0.2) is 62.9 Å². The van der Waals surface area contributed by atoms with Gasteiger partial charge in [-0.05, 0) is 65.2 Å². The Kier molecular flexibility index (Phi) is 7.69. The van der Waals surface area contributed by atoms with Crippen LogP contribution in [0.3, 0.4) is 0 Å². The first-order valence-electron chi connectivity index (χ1n) is 12.1. The maximum absolute atomic E-state index is 6.51. The van der Waals surface area contributed by atoms with E-state index >= 15 is 0 Å². The number of hydrogen-bond donors (Lipinski definition) is 0. The number of nitrogens with zero attached hydrogens (tertiary/aromatic N) is 4. The number of hydrogen-bond acceptors (Lipinski definition) is 5. The molecule has 0 unspecified atom stereocenters. The lowest BCUT2D eigenvalue weighted by Gasteiger charge is -2.22. The standard InChI is InChI=1S/C28H37N4OS/c1-7-32(8-2)21-14-15-23-25(30(5)17-11-16-29(3)4)19-22(33-26(23)18-21)20-28-31(6)24-12-9-10-13-27(24)34-28/h9-10,12-15,18-20H,7-8,11,16-17H2,1-6H3/q+1/b28-20-. The monoisotopic (exact) mass is 477 g/mol. The summed E-state index contributed by atoms with van der Waals surface area (Å²) in [7, 11) is 8.57. The average molecular weight is 478 g/mol. The molecule has 34 heavy (non-hydrogen) atoms. The third-order valence-corrected chi connectivity index (χ3v) is 7.59. The zero-order valence-electron chi connectivity index (χ0n) is 21.3. The molecular weight excluding hydrogens is 440 g/mol. The average Bonchev–Trinajstić information content (AvgIpc) is 3.14. The predicted octanol–water partition coefficient (Wildman–Crippen LogP) is 6.49. The second kappa shape index (κ2) is 10.7. The molecule has 0 N–H and O–H groups in total. The van der Waals surface area contributed by atoms with Gasteiger partial charge >= 0.3 is 11.3 Å². The van der Waals surface area contributed by atoms with Gasteiger partial charge in [0, 0.05) is 44.3 Å². The summed E-state index contributed by atoms with van der Waals surface area (Å²) in [4.78, 5) is 10.5. The molecule has 1 aliphatic rings. The van der Waals surface area contributed by atoms with E-state index in [1.54, 1.807) is 11.8 Å². The summed E-state index contributed by atoms with van der Waals surface area (Å²) >= 11 is 1.79. The van der Waals surface area contributed by atoms with Crippen LogP contribution in [-0.2, 0) is 0 Å². The maximum Gasteiger partial charge on any atom is 0.364 e. The smallest absolute Gasteiger partial charge is 0.364 e. The van der Waals surface area contributed by atoms with E-state index in [0.717, 1.165) is 49.3 Å². The van der Waals surface area contributed by atoms with Crippen molar-refractivity contribution in [2.45, 2.75) is 25.2 Å². The third-order valence-electron chi connectivity index (χ3n) is 6.42. The van der Waals surface area contributed by atoms with Crippen LogP contribution in [0.4, 0.5) is 17.1 Å². The van der Waals surface area contributed by atoms with Crippen molar-refractivity contribution in [1.82, 2.24) is 4.90 Å². The van der Waals surface area contributed by atoms with E-state index in [-0.39, 0.29) is 0 Å². The Bertz CT molecular complexity index is 1170. The molecule has 6 heteroatoms. The van der Waals surface area contributed by atoms with Gasteiger partial charge in [-0.3, -0.25) is 0 Å². The molecule has 0 fully saturated rings. The van der Waals surface area contributed by atoms with Crippen molar-refractivity contribution in [2.75, 3.05) is 69.1 Å². The number of thioether (sulfide) groups is 1. The number of para-hydroxylation sites is 1. The Balaban J connectivity index is 1.75. The van der Waals surface area contributed by atoms with Gasteiger partial charge in [0.1, 0.15) is 5.39 Å². The summed E-state index contributed by atoms with van der Waals surface area (Å²) < 4.78 is 6.51. The minimum atomic E-state index is 0.876. The second-order valence-corrected chi connectivity index (χ2v) is 10.1. The zero-order valence-corrected chi connectivity index (χ0v) is 22.2. The molecule has 0 aliphatic carbocycles. The SMILES string of the molecule is CCN(CC)c1ccc2c(N(C)CCCN(C)C)cc(/C=C3\Sc4ccccc4N3C)[o+]c2c1. The van der Waals surface area contributed by atoms with Gasteiger partial charge in [-0.2, -0.15) is 0 Å². The van der Waals surface area contributed by atoms with Crippen molar-refractivity contribution >= 4 is 45.9 Å². The molecule has 0 bridgehead atoms. The minimum absolute atomic E-state index is 0.876. The van der Waals surface area contributed by atoms with Gasteiger partial charge < -0.3 is 19.6 Å². The molecule has 0 radical (unpaired) electrons. The zero-order chi connectivity index (χ0) is 24.2. The summed E-state index contributed by atoms with van der Waals surface area (Å²) in [6.45, 7) is 8.40. The van der Waals surface area contributed by atoms with Gasteiger partial charge in [-0.15, -0.1) is 0 Å².